The highest BCUT2D eigenvalue weighted by Gasteiger charge is 2.20. The van der Waals surface area contributed by atoms with Crippen LogP contribution in [0.4, 0.5) is 11.4 Å². The van der Waals surface area contributed by atoms with Gasteiger partial charge in [-0.2, -0.15) is 5.10 Å². The van der Waals surface area contributed by atoms with E-state index in [1.807, 2.05) is 45.0 Å². The molecule has 0 spiro atoms. The number of hydrogen-bond acceptors (Lipinski definition) is 3. The lowest BCUT2D eigenvalue weighted by atomic mass is 10.1. The number of nitrogens with zero attached hydrogens (tertiary/aromatic N) is 2. The number of amides is 2. The fourth-order valence-electron chi connectivity index (χ4n) is 2.90. The summed E-state index contributed by atoms with van der Waals surface area (Å²) in [6.45, 7) is 7.93. The second-order valence-corrected chi connectivity index (χ2v) is 7.93. The van der Waals surface area contributed by atoms with Crippen molar-refractivity contribution < 1.29 is 9.59 Å². The molecule has 2 aromatic carbocycles. The highest BCUT2D eigenvalue weighted by atomic mass is 35.5. The molecule has 0 bridgehead atoms. The Balaban J connectivity index is 1.71. The number of benzene rings is 2. The molecule has 1 heterocycles. The average molecular weight is 425 g/mol. The van der Waals surface area contributed by atoms with E-state index >= 15 is 0 Å². The molecular weight excluding hydrogens is 400 g/mol. The summed E-state index contributed by atoms with van der Waals surface area (Å²) < 4.78 is 1.63. The summed E-state index contributed by atoms with van der Waals surface area (Å²) in [4.78, 5) is 24.6. The zero-order valence-electron chi connectivity index (χ0n) is 17.5. The van der Waals surface area contributed by atoms with E-state index in [1.54, 1.807) is 35.9 Å². The lowest BCUT2D eigenvalue weighted by Gasteiger charge is -2.09. The normalized spacial score (nSPS) is 10.9. The van der Waals surface area contributed by atoms with E-state index in [0.29, 0.717) is 34.3 Å². The molecule has 156 valence electrons. The van der Waals surface area contributed by atoms with Gasteiger partial charge in [0.05, 0.1) is 17.8 Å². The van der Waals surface area contributed by atoms with Gasteiger partial charge in [-0.3, -0.25) is 9.59 Å². The van der Waals surface area contributed by atoms with Crippen molar-refractivity contribution in [3.63, 3.8) is 0 Å². The van der Waals surface area contributed by atoms with Gasteiger partial charge in [0.15, 0.2) is 0 Å². The van der Waals surface area contributed by atoms with Gasteiger partial charge in [0, 0.05) is 17.3 Å². The molecule has 0 atom stereocenters. The Kier molecular flexibility index (Phi) is 6.57. The Bertz CT molecular complexity index is 1050. The van der Waals surface area contributed by atoms with E-state index in [2.05, 4.69) is 15.7 Å². The number of halogens is 1. The van der Waals surface area contributed by atoms with Crippen molar-refractivity contribution in [1.29, 1.82) is 0 Å². The van der Waals surface area contributed by atoms with Crippen LogP contribution < -0.4 is 10.6 Å². The lowest BCUT2D eigenvalue weighted by molar-refractivity contribution is -0.118. The van der Waals surface area contributed by atoms with Crippen molar-refractivity contribution in [2.75, 3.05) is 10.6 Å². The number of hydrogen-bond donors (Lipinski definition) is 2. The zero-order chi connectivity index (χ0) is 21.8. The molecule has 7 heteroatoms. The first-order valence-corrected chi connectivity index (χ1v) is 10.1. The van der Waals surface area contributed by atoms with Gasteiger partial charge in [-0.15, -0.1) is 0 Å². The van der Waals surface area contributed by atoms with Crippen molar-refractivity contribution in [2.24, 2.45) is 5.92 Å². The Morgan fingerprint density at radius 3 is 2.10 bits per heavy atom. The molecule has 0 aliphatic carbocycles. The van der Waals surface area contributed by atoms with Crippen LogP contribution in [0.1, 0.15) is 41.0 Å². The quantitative estimate of drug-likeness (QED) is 0.581. The summed E-state index contributed by atoms with van der Waals surface area (Å²) in [5.74, 6) is -0.493. The summed E-state index contributed by atoms with van der Waals surface area (Å²) in [6, 6.07) is 15.0. The van der Waals surface area contributed by atoms with Crippen molar-refractivity contribution in [3.8, 4) is 0 Å². The highest BCUT2D eigenvalue weighted by Crippen LogP contribution is 2.23. The third-order valence-corrected chi connectivity index (χ3v) is 5.06. The minimum absolute atomic E-state index is 0.0600. The van der Waals surface area contributed by atoms with E-state index < -0.39 is 0 Å². The van der Waals surface area contributed by atoms with Crippen LogP contribution in [0.25, 0.3) is 0 Å². The molecule has 0 radical (unpaired) electrons. The SMILES string of the molecule is Cc1ccc(Cn2nc(C)c(C(=O)Nc3ccc(NC(=O)C(C)C)cc3)c2Cl)cc1. The third-order valence-electron chi connectivity index (χ3n) is 4.68. The Hall–Kier alpha value is -3.12. The molecule has 0 saturated carbocycles. The first kappa shape index (κ1) is 21.6. The van der Waals surface area contributed by atoms with E-state index in [0.717, 1.165) is 5.56 Å². The van der Waals surface area contributed by atoms with E-state index in [-0.39, 0.29) is 17.7 Å². The maximum Gasteiger partial charge on any atom is 0.260 e. The lowest BCUT2D eigenvalue weighted by Crippen LogP contribution is -2.17. The molecule has 0 aliphatic heterocycles. The number of aromatic nitrogens is 2. The fourth-order valence-corrected chi connectivity index (χ4v) is 3.22. The van der Waals surface area contributed by atoms with Gasteiger partial charge in [-0.05, 0) is 43.7 Å². The first-order valence-electron chi connectivity index (χ1n) is 9.75. The molecule has 0 saturated heterocycles. The molecular formula is C23H25ClN4O2. The van der Waals surface area contributed by atoms with Crippen molar-refractivity contribution in [1.82, 2.24) is 9.78 Å². The van der Waals surface area contributed by atoms with Gasteiger partial charge in [-0.25, -0.2) is 4.68 Å². The number of aryl methyl sites for hydroxylation is 2. The van der Waals surface area contributed by atoms with Gasteiger partial charge < -0.3 is 10.6 Å². The van der Waals surface area contributed by atoms with E-state index in [4.69, 9.17) is 11.6 Å². The predicted molar refractivity (Wildman–Crippen MR) is 120 cm³/mol. The largest absolute Gasteiger partial charge is 0.326 e. The number of nitrogens with one attached hydrogen (secondary N) is 2. The average Bonchev–Trinajstić information content (AvgIpc) is 2.98. The van der Waals surface area contributed by atoms with Crippen LogP contribution in [0, 0.1) is 19.8 Å². The van der Waals surface area contributed by atoms with Crippen molar-refractivity contribution in [2.45, 2.75) is 34.2 Å². The summed E-state index contributed by atoms with van der Waals surface area (Å²) in [5.41, 5.74) is 4.41. The molecule has 2 N–H and O–H groups in total. The Labute approximate surface area is 181 Å². The topological polar surface area (TPSA) is 76.0 Å². The van der Waals surface area contributed by atoms with Crippen LogP contribution in [0.3, 0.4) is 0 Å². The fraction of sp³-hybridized carbons (Fsp3) is 0.261. The van der Waals surface area contributed by atoms with Crippen LogP contribution in [0.2, 0.25) is 5.15 Å². The summed E-state index contributed by atoms with van der Waals surface area (Å²) >= 11 is 6.48. The number of carbonyl (C=O) groups excluding carboxylic acids is 2. The van der Waals surface area contributed by atoms with Gasteiger partial charge in [-0.1, -0.05) is 55.3 Å². The summed E-state index contributed by atoms with van der Waals surface area (Å²) in [5, 5.41) is 10.4. The standard InChI is InChI=1S/C23H25ClN4O2/c1-14(2)22(29)25-18-9-11-19(12-10-18)26-23(30)20-16(4)27-28(21(20)24)13-17-7-5-15(3)6-8-17/h5-12,14H,13H2,1-4H3,(H,25,29)(H,26,30). The zero-order valence-corrected chi connectivity index (χ0v) is 18.2. The van der Waals surface area contributed by atoms with Crippen LogP contribution in [0.5, 0.6) is 0 Å². The van der Waals surface area contributed by atoms with Gasteiger partial charge in [0.1, 0.15) is 5.15 Å². The third kappa shape index (κ3) is 5.07. The Morgan fingerprint density at radius 2 is 1.53 bits per heavy atom. The van der Waals surface area contributed by atoms with Crippen LogP contribution >= 0.6 is 11.6 Å². The van der Waals surface area contributed by atoms with Gasteiger partial charge in [0.2, 0.25) is 5.91 Å². The van der Waals surface area contributed by atoms with Gasteiger partial charge >= 0.3 is 0 Å². The van der Waals surface area contributed by atoms with Crippen molar-refractivity contribution >= 4 is 34.8 Å². The first-order chi connectivity index (χ1) is 14.2. The molecule has 3 aromatic rings. The smallest absolute Gasteiger partial charge is 0.260 e. The van der Waals surface area contributed by atoms with Crippen molar-refractivity contribution in [3.05, 3.63) is 76.1 Å². The molecule has 6 nitrogen and oxygen atoms in total. The van der Waals surface area contributed by atoms with Gasteiger partial charge in [0.25, 0.3) is 5.91 Å². The van der Waals surface area contributed by atoms with E-state index in [9.17, 15) is 9.59 Å². The minimum Gasteiger partial charge on any atom is -0.326 e. The van der Waals surface area contributed by atoms with E-state index in [1.165, 1.54) is 5.56 Å². The number of anilines is 2. The molecule has 0 fully saturated rings. The van der Waals surface area contributed by atoms with Crippen LogP contribution in [-0.4, -0.2) is 21.6 Å². The number of rotatable bonds is 6. The van der Waals surface area contributed by atoms with Crippen LogP contribution in [0.15, 0.2) is 48.5 Å². The summed E-state index contributed by atoms with van der Waals surface area (Å²) in [7, 11) is 0. The minimum atomic E-state index is -0.327. The van der Waals surface area contributed by atoms with Crippen LogP contribution in [-0.2, 0) is 11.3 Å². The maximum absolute atomic E-state index is 12.8. The molecule has 30 heavy (non-hydrogen) atoms. The molecule has 0 aliphatic rings. The summed E-state index contributed by atoms with van der Waals surface area (Å²) in [6.07, 6.45) is 0. The molecule has 2 amide bonds. The molecule has 3 rings (SSSR count). The second-order valence-electron chi connectivity index (χ2n) is 7.57. The Morgan fingerprint density at radius 1 is 0.967 bits per heavy atom. The molecule has 0 unspecified atom stereocenters. The highest BCUT2D eigenvalue weighted by molar-refractivity contribution is 6.33. The number of carbonyl (C=O) groups is 2. The second kappa shape index (κ2) is 9.13. The maximum atomic E-state index is 12.8. The molecule has 1 aromatic heterocycles. The monoisotopic (exact) mass is 424 g/mol. The predicted octanol–water partition coefficient (Wildman–Crippen LogP) is 5.05.